The largest absolute Gasteiger partial charge is 0.508 e. The van der Waals surface area contributed by atoms with Crippen LogP contribution >= 0.6 is 0 Å². The number of phenols is 1. The van der Waals surface area contributed by atoms with Gasteiger partial charge in [-0.1, -0.05) is 0 Å². The number of methoxy groups -OCH3 is 1. The van der Waals surface area contributed by atoms with Crippen molar-refractivity contribution in [1.29, 1.82) is 0 Å². The molecule has 2 atom stereocenters. The average molecular weight is 346 g/mol. The highest BCUT2D eigenvalue weighted by atomic mass is 16.5. The van der Waals surface area contributed by atoms with E-state index in [1.54, 1.807) is 19.2 Å². The van der Waals surface area contributed by atoms with Crippen molar-refractivity contribution in [3.8, 4) is 11.5 Å². The van der Waals surface area contributed by atoms with Crippen molar-refractivity contribution < 1.29 is 9.84 Å². The zero-order valence-corrected chi connectivity index (χ0v) is 15.5. The highest BCUT2D eigenvalue weighted by Gasteiger charge is 2.38. The Labute approximate surface area is 150 Å². The molecule has 1 heterocycles. The van der Waals surface area contributed by atoms with Gasteiger partial charge in [0.25, 0.3) is 0 Å². The number of likely N-dealkylation sites (tertiary alicyclic amines) is 1. The van der Waals surface area contributed by atoms with Gasteiger partial charge in [0.05, 0.1) is 13.7 Å². The monoisotopic (exact) mass is 346 g/mol. The first-order valence-corrected chi connectivity index (χ1v) is 9.27. The van der Waals surface area contributed by atoms with Crippen LogP contribution in [0.3, 0.4) is 0 Å². The lowest BCUT2D eigenvalue weighted by Gasteiger charge is -2.20. The Bertz CT molecular complexity index is 615. The number of nitrogens with one attached hydrogen (secondary N) is 2. The molecule has 1 saturated heterocycles. The van der Waals surface area contributed by atoms with Crippen molar-refractivity contribution in [2.45, 2.75) is 57.8 Å². The molecular formula is C19H30N4O2. The third-order valence-electron chi connectivity index (χ3n) is 5.02. The lowest BCUT2D eigenvalue weighted by Crippen LogP contribution is -2.44. The van der Waals surface area contributed by atoms with Gasteiger partial charge in [-0.15, -0.1) is 0 Å². The first kappa shape index (κ1) is 17.9. The van der Waals surface area contributed by atoms with E-state index in [-0.39, 0.29) is 5.75 Å². The van der Waals surface area contributed by atoms with Crippen LogP contribution in [0.1, 0.15) is 38.7 Å². The predicted octanol–water partition coefficient (Wildman–Crippen LogP) is 2.08. The molecule has 2 aliphatic rings. The molecule has 3 rings (SSSR count). The highest BCUT2D eigenvalue weighted by molar-refractivity contribution is 5.80. The molecule has 0 spiro atoms. The summed E-state index contributed by atoms with van der Waals surface area (Å²) in [5.41, 5.74) is 0.760. The van der Waals surface area contributed by atoms with Crippen LogP contribution in [0.25, 0.3) is 0 Å². The molecule has 2 fully saturated rings. The Morgan fingerprint density at radius 1 is 1.40 bits per heavy atom. The minimum atomic E-state index is 0.245. The Morgan fingerprint density at radius 2 is 2.20 bits per heavy atom. The van der Waals surface area contributed by atoms with E-state index >= 15 is 0 Å². The number of phenolic OH excluding ortho intramolecular Hbond substituents is 1. The number of benzene rings is 1. The van der Waals surface area contributed by atoms with Crippen molar-refractivity contribution in [1.82, 2.24) is 15.5 Å². The van der Waals surface area contributed by atoms with Crippen LogP contribution < -0.4 is 15.4 Å². The maximum absolute atomic E-state index is 10.0. The van der Waals surface area contributed by atoms with Crippen molar-refractivity contribution in [2.75, 3.05) is 20.2 Å². The third kappa shape index (κ3) is 4.57. The number of guanidine groups is 1. The van der Waals surface area contributed by atoms with Gasteiger partial charge in [-0.2, -0.15) is 0 Å². The molecule has 0 amide bonds. The van der Waals surface area contributed by atoms with E-state index in [0.717, 1.165) is 42.8 Å². The van der Waals surface area contributed by atoms with Crippen LogP contribution in [0.4, 0.5) is 0 Å². The Morgan fingerprint density at radius 3 is 2.88 bits per heavy atom. The van der Waals surface area contributed by atoms with E-state index < -0.39 is 0 Å². The Balaban J connectivity index is 1.63. The smallest absolute Gasteiger partial charge is 0.191 e. The summed E-state index contributed by atoms with van der Waals surface area (Å²) < 4.78 is 5.23. The molecule has 25 heavy (non-hydrogen) atoms. The van der Waals surface area contributed by atoms with E-state index in [9.17, 15) is 5.11 Å². The first-order chi connectivity index (χ1) is 12.1. The Hall–Kier alpha value is -1.95. The van der Waals surface area contributed by atoms with Crippen LogP contribution in [-0.2, 0) is 6.54 Å². The van der Waals surface area contributed by atoms with Crippen LogP contribution in [0.15, 0.2) is 23.2 Å². The van der Waals surface area contributed by atoms with Crippen LogP contribution in [0.2, 0.25) is 0 Å². The van der Waals surface area contributed by atoms with Gasteiger partial charge < -0.3 is 20.5 Å². The molecule has 138 valence electrons. The highest BCUT2D eigenvalue weighted by Crippen LogP contribution is 2.33. The van der Waals surface area contributed by atoms with Crippen molar-refractivity contribution >= 4 is 5.96 Å². The van der Waals surface area contributed by atoms with Crippen molar-refractivity contribution in [3.05, 3.63) is 23.8 Å². The summed E-state index contributed by atoms with van der Waals surface area (Å²) in [4.78, 5) is 7.27. The molecule has 1 aromatic carbocycles. The number of aliphatic imine (C=N–C) groups is 1. The predicted molar refractivity (Wildman–Crippen MR) is 100 cm³/mol. The summed E-state index contributed by atoms with van der Waals surface area (Å²) in [5.74, 6) is 1.78. The van der Waals surface area contributed by atoms with E-state index in [1.165, 1.54) is 12.8 Å². The van der Waals surface area contributed by atoms with Crippen LogP contribution in [0, 0.1) is 0 Å². The van der Waals surface area contributed by atoms with Crippen molar-refractivity contribution in [2.24, 2.45) is 4.99 Å². The molecular weight excluding hydrogens is 316 g/mol. The molecule has 6 nitrogen and oxygen atoms in total. The van der Waals surface area contributed by atoms with E-state index in [0.29, 0.717) is 18.6 Å². The molecule has 2 unspecified atom stereocenters. The number of aromatic hydroxyl groups is 1. The minimum absolute atomic E-state index is 0.245. The number of ether oxygens (including phenoxy) is 1. The summed E-state index contributed by atoms with van der Waals surface area (Å²) in [7, 11) is 1.62. The second kappa shape index (κ2) is 7.95. The van der Waals surface area contributed by atoms with Crippen LogP contribution in [0.5, 0.6) is 11.5 Å². The summed E-state index contributed by atoms with van der Waals surface area (Å²) in [6.45, 7) is 6.69. The average Bonchev–Trinajstić information content (AvgIpc) is 3.37. The normalized spacial score (nSPS) is 24.4. The second-order valence-electron chi connectivity index (χ2n) is 7.04. The van der Waals surface area contributed by atoms with E-state index in [4.69, 9.17) is 4.74 Å². The van der Waals surface area contributed by atoms with Gasteiger partial charge >= 0.3 is 0 Å². The number of rotatable bonds is 6. The minimum Gasteiger partial charge on any atom is -0.508 e. The quantitative estimate of drug-likeness (QED) is 0.543. The molecule has 0 bridgehead atoms. The van der Waals surface area contributed by atoms with Gasteiger partial charge in [-0.05, 0) is 51.3 Å². The number of hydrogen-bond donors (Lipinski definition) is 3. The summed E-state index contributed by atoms with van der Waals surface area (Å²) in [6, 6.07) is 7.08. The standard InChI is InChI=1S/C19H30N4O2/c1-4-20-19(21-11-14-10-17(25-3)7-8-18(14)24)22-15-9-13(2)23(12-15)16-5-6-16/h7-8,10,13,15-16,24H,4-6,9,11-12H2,1-3H3,(H2,20,21,22). The molecule has 1 aromatic rings. The summed E-state index contributed by atoms with van der Waals surface area (Å²) in [6.07, 6.45) is 3.84. The topological polar surface area (TPSA) is 69.1 Å². The number of nitrogens with zero attached hydrogens (tertiary/aromatic N) is 2. The van der Waals surface area contributed by atoms with Crippen molar-refractivity contribution in [3.63, 3.8) is 0 Å². The molecule has 0 aromatic heterocycles. The lowest BCUT2D eigenvalue weighted by atomic mass is 10.2. The lowest BCUT2D eigenvalue weighted by molar-refractivity contribution is 0.256. The van der Waals surface area contributed by atoms with Gasteiger partial charge in [0, 0.05) is 36.8 Å². The maximum atomic E-state index is 10.0. The first-order valence-electron chi connectivity index (χ1n) is 9.27. The molecule has 0 radical (unpaired) electrons. The summed E-state index contributed by atoms with van der Waals surface area (Å²) >= 11 is 0. The number of hydrogen-bond acceptors (Lipinski definition) is 4. The van der Waals surface area contributed by atoms with Gasteiger partial charge in [0.15, 0.2) is 5.96 Å². The SMILES string of the molecule is CCNC(=NCc1cc(OC)ccc1O)NC1CC(C)N(C2CC2)C1. The van der Waals surface area contributed by atoms with E-state index in [2.05, 4.69) is 34.4 Å². The van der Waals surface area contributed by atoms with Crippen LogP contribution in [-0.4, -0.2) is 54.3 Å². The second-order valence-corrected chi connectivity index (χ2v) is 7.04. The van der Waals surface area contributed by atoms with Gasteiger partial charge in [0.1, 0.15) is 11.5 Å². The molecule has 1 aliphatic carbocycles. The fourth-order valence-corrected chi connectivity index (χ4v) is 3.57. The maximum Gasteiger partial charge on any atom is 0.191 e. The van der Waals surface area contributed by atoms with Gasteiger partial charge in [-0.3, -0.25) is 4.90 Å². The molecule has 1 saturated carbocycles. The Kier molecular flexibility index (Phi) is 5.68. The zero-order chi connectivity index (χ0) is 17.8. The third-order valence-corrected chi connectivity index (χ3v) is 5.02. The molecule has 6 heteroatoms. The van der Waals surface area contributed by atoms with Gasteiger partial charge in [0.2, 0.25) is 0 Å². The molecule has 1 aliphatic heterocycles. The van der Waals surface area contributed by atoms with E-state index in [1.807, 2.05) is 6.07 Å². The molecule has 3 N–H and O–H groups in total. The fraction of sp³-hybridized carbons (Fsp3) is 0.632. The zero-order valence-electron chi connectivity index (χ0n) is 15.5. The summed E-state index contributed by atoms with van der Waals surface area (Å²) in [5, 5.41) is 16.9. The van der Waals surface area contributed by atoms with Gasteiger partial charge in [-0.25, -0.2) is 4.99 Å². The fourth-order valence-electron chi connectivity index (χ4n) is 3.57.